The first-order valence-corrected chi connectivity index (χ1v) is 10.0. The minimum Gasteiger partial charge on any atom is -0.323 e. The number of hydrogen-bond acceptors (Lipinski definition) is 4. The van der Waals surface area contributed by atoms with E-state index in [0.717, 1.165) is 30.1 Å². The Bertz CT molecular complexity index is 933. The number of amides is 2. The predicted molar refractivity (Wildman–Crippen MR) is 105 cm³/mol. The van der Waals surface area contributed by atoms with Crippen LogP contribution in [0.1, 0.15) is 34.6 Å². The van der Waals surface area contributed by atoms with Crippen molar-refractivity contribution in [2.24, 2.45) is 0 Å². The standard InChI is InChI=1S/C21H24F3N5O/c1-14-3-2-4-17(27-14)11-25-18-5-7-29(13-18)20(30)28-8-6-19-15(12-28)9-16(10-26-19)21(22,23)24/h2-4,9-10,18,25H,5-8,11-13H2,1H3. The number of nitrogens with zero attached hydrogens (tertiary/aromatic N) is 4. The van der Waals surface area contributed by atoms with E-state index in [2.05, 4.69) is 15.3 Å². The fourth-order valence-corrected chi connectivity index (χ4v) is 3.99. The van der Waals surface area contributed by atoms with E-state index in [1.807, 2.05) is 25.1 Å². The lowest BCUT2D eigenvalue weighted by Crippen LogP contribution is -2.45. The van der Waals surface area contributed by atoms with Gasteiger partial charge in [0.1, 0.15) is 0 Å². The van der Waals surface area contributed by atoms with Crippen molar-refractivity contribution in [2.75, 3.05) is 19.6 Å². The van der Waals surface area contributed by atoms with Crippen molar-refractivity contribution in [1.29, 1.82) is 0 Å². The van der Waals surface area contributed by atoms with Gasteiger partial charge in [0.15, 0.2) is 0 Å². The molecule has 30 heavy (non-hydrogen) atoms. The number of pyridine rings is 2. The van der Waals surface area contributed by atoms with Crippen molar-refractivity contribution in [1.82, 2.24) is 25.1 Å². The Labute approximate surface area is 173 Å². The second-order valence-electron chi connectivity index (χ2n) is 7.86. The molecule has 0 aromatic carbocycles. The van der Waals surface area contributed by atoms with Crippen LogP contribution in [-0.2, 0) is 25.7 Å². The Morgan fingerprint density at radius 1 is 1.27 bits per heavy atom. The Balaban J connectivity index is 1.34. The van der Waals surface area contributed by atoms with Crippen molar-refractivity contribution in [3.63, 3.8) is 0 Å². The lowest BCUT2D eigenvalue weighted by molar-refractivity contribution is -0.137. The first-order valence-electron chi connectivity index (χ1n) is 10.0. The largest absolute Gasteiger partial charge is 0.417 e. The molecule has 2 aromatic heterocycles. The molecule has 1 unspecified atom stereocenters. The summed E-state index contributed by atoms with van der Waals surface area (Å²) >= 11 is 0. The number of rotatable bonds is 3. The highest BCUT2D eigenvalue weighted by Gasteiger charge is 2.34. The maximum atomic E-state index is 13.0. The molecule has 2 aromatic rings. The van der Waals surface area contributed by atoms with Crippen LogP contribution in [-0.4, -0.2) is 51.5 Å². The van der Waals surface area contributed by atoms with E-state index in [1.165, 1.54) is 0 Å². The molecule has 2 aliphatic heterocycles. The SMILES string of the molecule is Cc1cccc(CNC2CCN(C(=O)N3CCc4ncc(C(F)(F)F)cc4C3)C2)n1. The number of urea groups is 1. The molecule has 1 fully saturated rings. The van der Waals surface area contributed by atoms with E-state index in [1.54, 1.807) is 9.80 Å². The molecule has 1 atom stereocenters. The molecule has 0 bridgehead atoms. The van der Waals surface area contributed by atoms with Crippen LogP contribution in [0.5, 0.6) is 0 Å². The Morgan fingerprint density at radius 2 is 2.10 bits per heavy atom. The quantitative estimate of drug-likeness (QED) is 0.831. The third-order valence-electron chi connectivity index (χ3n) is 5.61. The van der Waals surface area contributed by atoms with E-state index >= 15 is 0 Å². The molecule has 2 aliphatic rings. The summed E-state index contributed by atoms with van der Waals surface area (Å²) in [6.45, 7) is 4.41. The predicted octanol–water partition coefficient (Wildman–Crippen LogP) is 3.15. The van der Waals surface area contributed by atoms with Gasteiger partial charge in [-0.05, 0) is 37.1 Å². The van der Waals surface area contributed by atoms with Crippen molar-refractivity contribution in [3.8, 4) is 0 Å². The second kappa shape index (κ2) is 8.22. The number of halogens is 3. The van der Waals surface area contributed by atoms with Crippen LogP contribution in [0.2, 0.25) is 0 Å². The lowest BCUT2D eigenvalue weighted by atomic mass is 10.0. The molecule has 4 heterocycles. The van der Waals surface area contributed by atoms with E-state index < -0.39 is 11.7 Å². The van der Waals surface area contributed by atoms with Gasteiger partial charge in [-0.3, -0.25) is 9.97 Å². The molecule has 0 aliphatic carbocycles. The maximum Gasteiger partial charge on any atom is 0.417 e. The molecule has 2 amide bonds. The Hall–Kier alpha value is -2.68. The minimum atomic E-state index is -4.44. The maximum absolute atomic E-state index is 13.0. The fourth-order valence-electron chi connectivity index (χ4n) is 3.99. The van der Waals surface area contributed by atoms with Gasteiger partial charge in [-0.2, -0.15) is 13.2 Å². The number of alkyl halides is 3. The smallest absolute Gasteiger partial charge is 0.323 e. The van der Waals surface area contributed by atoms with Gasteiger partial charge >= 0.3 is 12.2 Å². The zero-order chi connectivity index (χ0) is 21.3. The molecule has 160 valence electrons. The van der Waals surface area contributed by atoms with Crippen LogP contribution in [0.3, 0.4) is 0 Å². The summed E-state index contributed by atoms with van der Waals surface area (Å²) in [7, 11) is 0. The van der Waals surface area contributed by atoms with E-state index in [-0.39, 0.29) is 18.6 Å². The number of hydrogen-bond donors (Lipinski definition) is 1. The summed E-state index contributed by atoms with van der Waals surface area (Å²) in [5.74, 6) is 0. The molecule has 1 N–H and O–H groups in total. The molecule has 1 saturated heterocycles. The Kier molecular flexibility index (Phi) is 5.64. The van der Waals surface area contributed by atoms with Crippen molar-refractivity contribution >= 4 is 6.03 Å². The summed E-state index contributed by atoms with van der Waals surface area (Å²) in [6, 6.07) is 7.04. The summed E-state index contributed by atoms with van der Waals surface area (Å²) in [5, 5.41) is 3.44. The molecular formula is C21H24F3N5O. The van der Waals surface area contributed by atoms with Crippen molar-refractivity contribution in [2.45, 2.75) is 45.1 Å². The average Bonchev–Trinajstić information content (AvgIpc) is 3.19. The zero-order valence-corrected chi connectivity index (χ0v) is 16.7. The number of fused-ring (bicyclic) bond motifs is 1. The number of likely N-dealkylation sites (tertiary alicyclic amines) is 1. The summed E-state index contributed by atoms with van der Waals surface area (Å²) in [5.41, 5.74) is 2.26. The highest BCUT2D eigenvalue weighted by Crippen LogP contribution is 2.31. The average molecular weight is 419 g/mol. The van der Waals surface area contributed by atoms with Gasteiger partial charge in [0, 0.05) is 62.8 Å². The summed E-state index contributed by atoms with van der Waals surface area (Å²) in [6.07, 6.45) is -2.26. The zero-order valence-electron chi connectivity index (χ0n) is 16.7. The number of aryl methyl sites for hydroxylation is 1. The minimum absolute atomic E-state index is 0.129. The van der Waals surface area contributed by atoms with Gasteiger partial charge in [-0.1, -0.05) is 6.07 Å². The van der Waals surface area contributed by atoms with Crippen LogP contribution in [0.15, 0.2) is 30.5 Å². The molecule has 0 radical (unpaired) electrons. The molecule has 4 rings (SSSR count). The lowest BCUT2D eigenvalue weighted by Gasteiger charge is -2.32. The molecule has 0 spiro atoms. The van der Waals surface area contributed by atoms with Gasteiger partial charge in [0.25, 0.3) is 0 Å². The van der Waals surface area contributed by atoms with E-state index in [0.29, 0.717) is 43.9 Å². The third-order valence-corrected chi connectivity index (χ3v) is 5.61. The Morgan fingerprint density at radius 3 is 2.87 bits per heavy atom. The van der Waals surface area contributed by atoms with Crippen molar-refractivity contribution < 1.29 is 18.0 Å². The molecular weight excluding hydrogens is 395 g/mol. The summed E-state index contributed by atoms with van der Waals surface area (Å²) < 4.78 is 38.9. The first-order chi connectivity index (χ1) is 14.3. The van der Waals surface area contributed by atoms with Gasteiger partial charge < -0.3 is 15.1 Å². The van der Waals surface area contributed by atoms with Crippen LogP contribution in [0, 0.1) is 6.92 Å². The van der Waals surface area contributed by atoms with Crippen molar-refractivity contribution in [3.05, 3.63) is 58.7 Å². The van der Waals surface area contributed by atoms with Gasteiger partial charge in [0.05, 0.1) is 11.3 Å². The number of aromatic nitrogens is 2. The first kappa shape index (κ1) is 20.6. The normalized spacial score (nSPS) is 19.1. The van der Waals surface area contributed by atoms with Gasteiger partial charge in [-0.15, -0.1) is 0 Å². The van der Waals surface area contributed by atoms with Crippen LogP contribution in [0.25, 0.3) is 0 Å². The van der Waals surface area contributed by atoms with E-state index in [4.69, 9.17) is 0 Å². The van der Waals surface area contributed by atoms with Crippen LogP contribution in [0.4, 0.5) is 18.0 Å². The topological polar surface area (TPSA) is 61.4 Å². The third kappa shape index (κ3) is 4.56. The number of carbonyl (C=O) groups excluding carboxylic acids is 1. The molecule has 0 saturated carbocycles. The van der Waals surface area contributed by atoms with E-state index in [9.17, 15) is 18.0 Å². The molecule has 6 nitrogen and oxygen atoms in total. The van der Waals surface area contributed by atoms with Gasteiger partial charge in [0.2, 0.25) is 0 Å². The van der Waals surface area contributed by atoms with Crippen LogP contribution < -0.4 is 5.32 Å². The molecule has 9 heteroatoms. The van der Waals surface area contributed by atoms with Crippen LogP contribution >= 0.6 is 0 Å². The van der Waals surface area contributed by atoms with Gasteiger partial charge in [-0.25, -0.2) is 4.79 Å². The second-order valence-corrected chi connectivity index (χ2v) is 7.86. The highest BCUT2D eigenvalue weighted by molar-refractivity contribution is 5.75. The monoisotopic (exact) mass is 419 g/mol. The number of nitrogens with one attached hydrogen (secondary N) is 1. The number of carbonyl (C=O) groups is 1. The highest BCUT2D eigenvalue weighted by atomic mass is 19.4. The fraction of sp³-hybridized carbons (Fsp3) is 0.476. The summed E-state index contributed by atoms with van der Waals surface area (Å²) in [4.78, 5) is 24.7.